The highest BCUT2D eigenvalue weighted by atomic mass is 32.2. The first-order chi connectivity index (χ1) is 13.3. The summed E-state index contributed by atoms with van der Waals surface area (Å²) < 4.78 is 24.5. The number of hydrogen-bond donors (Lipinski definition) is 4. The number of carbonyl (C=O) groups excluding carboxylic acids is 1. The second-order valence-electron chi connectivity index (χ2n) is 5.65. The van der Waals surface area contributed by atoms with Crippen LogP contribution in [-0.4, -0.2) is 49.9 Å². The van der Waals surface area contributed by atoms with E-state index in [0.717, 1.165) is 6.07 Å². The maximum absolute atomic E-state index is 12.3. The maximum Gasteiger partial charge on any atom is 0.319 e. The van der Waals surface area contributed by atoms with Crippen LogP contribution in [0, 0.1) is 10.1 Å². The number of sulfone groups is 1. The van der Waals surface area contributed by atoms with Crippen LogP contribution in [0.5, 0.6) is 0 Å². The molecular weight excluding hydrogens is 388 g/mol. The van der Waals surface area contributed by atoms with Crippen LogP contribution in [0.15, 0.2) is 53.4 Å². The number of nitrogens with one attached hydrogen (secondary N) is 3. The van der Waals surface area contributed by atoms with E-state index in [9.17, 15) is 23.3 Å². The number of nitro benzene ring substituents is 1. The molecule has 0 aliphatic rings. The Labute approximate surface area is 161 Å². The van der Waals surface area contributed by atoms with Gasteiger partial charge >= 0.3 is 6.03 Å². The van der Waals surface area contributed by atoms with Crippen molar-refractivity contribution in [3.63, 3.8) is 0 Å². The van der Waals surface area contributed by atoms with Crippen LogP contribution in [0.3, 0.4) is 0 Å². The summed E-state index contributed by atoms with van der Waals surface area (Å²) in [6.45, 7) is -0.248. The molecule has 150 valence electrons. The Morgan fingerprint density at radius 1 is 1.11 bits per heavy atom. The molecule has 0 aliphatic heterocycles. The van der Waals surface area contributed by atoms with Crippen molar-refractivity contribution in [3.8, 4) is 0 Å². The molecule has 0 heterocycles. The third kappa shape index (κ3) is 5.93. The first-order valence-electron chi connectivity index (χ1n) is 8.29. The quantitative estimate of drug-likeness (QED) is 0.279. The van der Waals surface area contributed by atoms with Crippen LogP contribution in [0.2, 0.25) is 0 Å². The van der Waals surface area contributed by atoms with Gasteiger partial charge in [-0.15, -0.1) is 0 Å². The zero-order valence-electron chi connectivity index (χ0n) is 14.8. The van der Waals surface area contributed by atoms with Crippen molar-refractivity contribution in [2.24, 2.45) is 0 Å². The van der Waals surface area contributed by atoms with Crippen molar-refractivity contribution in [1.82, 2.24) is 5.32 Å². The lowest BCUT2D eigenvalue weighted by Gasteiger charge is -2.13. The van der Waals surface area contributed by atoms with Gasteiger partial charge in [0.2, 0.25) is 0 Å². The second kappa shape index (κ2) is 9.67. The third-order valence-electron chi connectivity index (χ3n) is 3.63. The summed E-state index contributed by atoms with van der Waals surface area (Å²) in [5, 5.41) is 27.9. The van der Waals surface area contributed by atoms with E-state index in [2.05, 4.69) is 16.0 Å². The fraction of sp³-hybridized carbons (Fsp3) is 0.235. The molecular formula is C17H20N4O6S. The minimum Gasteiger partial charge on any atom is -0.395 e. The number of nitro groups is 1. The number of aliphatic hydroxyl groups excluding tert-OH is 1. The van der Waals surface area contributed by atoms with Gasteiger partial charge in [0, 0.05) is 30.9 Å². The third-order valence-corrected chi connectivity index (χ3v) is 5.36. The zero-order valence-corrected chi connectivity index (χ0v) is 15.6. The molecule has 0 saturated heterocycles. The number of nitrogens with zero attached hydrogens (tertiary/aromatic N) is 1. The van der Waals surface area contributed by atoms with Gasteiger partial charge in [0.15, 0.2) is 9.84 Å². The van der Waals surface area contributed by atoms with E-state index in [-0.39, 0.29) is 29.4 Å². The summed E-state index contributed by atoms with van der Waals surface area (Å²) in [7, 11) is -3.91. The molecule has 0 radical (unpaired) electrons. The number of non-ortho nitro benzene ring substituents is 1. The molecule has 0 aliphatic carbocycles. The highest BCUT2D eigenvalue weighted by Crippen LogP contribution is 2.27. The van der Waals surface area contributed by atoms with Crippen molar-refractivity contribution in [1.29, 1.82) is 0 Å². The Balaban J connectivity index is 1.99. The van der Waals surface area contributed by atoms with Crippen molar-refractivity contribution in [2.75, 3.05) is 36.1 Å². The number of amides is 2. The van der Waals surface area contributed by atoms with Crippen molar-refractivity contribution in [3.05, 3.63) is 58.6 Å². The molecule has 0 atom stereocenters. The molecule has 4 N–H and O–H groups in total. The lowest BCUT2D eigenvalue weighted by atomic mass is 10.3. The predicted octanol–water partition coefficient (Wildman–Crippen LogP) is 1.59. The van der Waals surface area contributed by atoms with E-state index < -0.39 is 33.2 Å². The predicted molar refractivity (Wildman–Crippen MR) is 104 cm³/mol. The molecule has 2 rings (SSSR count). The molecule has 2 aromatic rings. The molecule has 2 amide bonds. The van der Waals surface area contributed by atoms with Gasteiger partial charge in [-0.3, -0.25) is 10.1 Å². The Morgan fingerprint density at radius 3 is 2.46 bits per heavy atom. The van der Waals surface area contributed by atoms with Gasteiger partial charge in [0.25, 0.3) is 5.69 Å². The van der Waals surface area contributed by atoms with Crippen LogP contribution < -0.4 is 16.0 Å². The minimum atomic E-state index is -3.91. The molecule has 0 saturated carbocycles. The first kappa shape index (κ1) is 21.1. The number of para-hydroxylation sites is 1. The summed E-state index contributed by atoms with van der Waals surface area (Å²) in [4.78, 5) is 21.8. The van der Waals surface area contributed by atoms with Crippen LogP contribution in [0.1, 0.15) is 0 Å². The van der Waals surface area contributed by atoms with E-state index in [4.69, 9.17) is 5.11 Å². The van der Waals surface area contributed by atoms with Crippen molar-refractivity contribution >= 4 is 32.9 Å². The summed E-state index contributed by atoms with van der Waals surface area (Å²) >= 11 is 0. The number of rotatable bonds is 9. The molecule has 28 heavy (non-hydrogen) atoms. The Hall–Kier alpha value is -3.18. The minimum absolute atomic E-state index is 0.157. The number of hydrogen-bond acceptors (Lipinski definition) is 7. The van der Waals surface area contributed by atoms with Gasteiger partial charge in [0.05, 0.1) is 27.9 Å². The largest absolute Gasteiger partial charge is 0.395 e. The summed E-state index contributed by atoms with van der Waals surface area (Å²) in [6.07, 6.45) is 0. The average molecular weight is 408 g/mol. The fourth-order valence-corrected chi connectivity index (χ4v) is 3.56. The summed E-state index contributed by atoms with van der Waals surface area (Å²) in [5.41, 5.74) is 0.410. The van der Waals surface area contributed by atoms with E-state index in [0.29, 0.717) is 5.69 Å². The summed E-state index contributed by atoms with van der Waals surface area (Å²) in [5.74, 6) is -0.555. The van der Waals surface area contributed by atoms with Crippen LogP contribution >= 0.6 is 0 Å². The maximum atomic E-state index is 12.3. The molecule has 11 heteroatoms. The van der Waals surface area contributed by atoms with E-state index >= 15 is 0 Å². The summed E-state index contributed by atoms with van der Waals surface area (Å²) in [6, 6.07) is 11.8. The Bertz CT molecular complexity index is 934. The first-order valence-corrected chi connectivity index (χ1v) is 9.94. The van der Waals surface area contributed by atoms with E-state index in [1.807, 2.05) is 6.07 Å². The average Bonchev–Trinajstić information content (AvgIpc) is 2.66. The molecule has 0 aromatic heterocycles. The SMILES string of the molecule is O=C(NCCNc1ccc([N+](=O)[O-])cc1S(=O)(=O)CCO)Nc1ccccc1. The standard InChI is InChI=1S/C17H20N4O6S/c22-10-11-28(26,27)16-12-14(21(24)25)6-7-15(16)18-8-9-19-17(23)20-13-4-2-1-3-5-13/h1-7,12,18,22H,8-11H2,(H2,19,20,23). The van der Waals surface area contributed by atoms with Crippen LogP contribution in [-0.2, 0) is 9.84 Å². The Kier molecular flexibility index (Phi) is 7.29. The van der Waals surface area contributed by atoms with Gasteiger partial charge in [-0.2, -0.15) is 0 Å². The number of anilines is 2. The molecule has 0 spiro atoms. The molecule has 0 bridgehead atoms. The highest BCUT2D eigenvalue weighted by Gasteiger charge is 2.22. The highest BCUT2D eigenvalue weighted by molar-refractivity contribution is 7.91. The second-order valence-corrected chi connectivity index (χ2v) is 7.73. The number of urea groups is 1. The van der Waals surface area contributed by atoms with Gasteiger partial charge in [0.1, 0.15) is 0 Å². The number of carbonyl (C=O) groups is 1. The van der Waals surface area contributed by atoms with E-state index in [1.165, 1.54) is 12.1 Å². The van der Waals surface area contributed by atoms with E-state index in [1.54, 1.807) is 24.3 Å². The topological polar surface area (TPSA) is 151 Å². The Morgan fingerprint density at radius 2 is 1.82 bits per heavy atom. The zero-order chi connectivity index (χ0) is 20.6. The van der Waals surface area contributed by atoms with Gasteiger partial charge in [-0.25, -0.2) is 13.2 Å². The lowest BCUT2D eigenvalue weighted by molar-refractivity contribution is -0.385. The van der Waals surface area contributed by atoms with Gasteiger partial charge in [-0.05, 0) is 18.2 Å². The van der Waals surface area contributed by atoms with Crippen molar-refractivity contribution < 1.29 is 23.2 Å². The van der Waals surface area contributed by atoms with Gasteiger partial charge < -0.3 is 21.1 Å². The molecule has 10 nitrogen and oxygen atoms in total. The van der Waals surface area contributed by atoms with Gasteiger partial charge in [-0.1, -0.05) is 18.2 Å². The normalized spacial score (nSPS) is 10.9. The number of benzene rings is 2. The fourth-order valence-electron chi connectivity index (χ4n) is 2.33. The van der Waals surface area contributed by atoms with Crippen molar-refractivity contribution in [2.45, 2.75) is 4.90 Å². The molecule has 2 aromatic carbocycles. The molecule has 0 unspecified atom stereocenters. The smallest absolute Gasteiger partial charge is 0.319 e. The molecule has 0 fully saturated rings. The number of aliphatic hydroxyl groups is 1. The lowest BCUT2D eigenvalue weighted by Crippen LogP contribution is -2.32. The van der Waals surface area contributed by atoms with Crippen LogP contribution in [0.4, 0.5) is 21.9 Å². The monoisotopic (exact) mass is 408 g/mol. The van der Waals surface area contributed by atoms with Crippen LogP contribution in [0.25, 0.3) is 0 Å².